The first-order valence-electron chi connectivity index (χ1n) is 10.1. The van der Waals surface area contributed by atoms with Crippen LogP contribution in [0.2, 0.25) is 0 Å². The van der Waals surface area contributed by atoms with Crippen molar-refractivity contribution in [3.05, 3.63) is 17.0 Å². The smallest absolute Gasteiger partial charge is 0.269 e. The second-order valence-corrected chi connectivity index (χ2v) is 8.31. The third kappa shape index (κ3) is 4.52. The van der Waals surface area contributed by atoms with E-state index in [0.717, 1.165) is 36.9 Å². The van der Waals surface area contributed by atoms with E-state index in [0.29, 0.717) is 31.2 Å². The van der Waals surface area contributed by atoms with E-state index in [1.54, 1.807) is 11.8 Å². The number of amides is 1. The number of carbonyl (C=O) groups is 1. The lowest BCUT2D eigenvalue weighted by Gasteiger charge is -2.35. The van der Waals surface area contributed by atoms with E-state index in [4.69, 9.17) is 9.47 Å². The lowest BCUT2D eigenvalue weighted by Crippen LogP contribution is -2.45. The molecule has 1 amide bonds. The minimum absolute atomic E-state index is 0.0446. The minimum atomic E-state index is -0.802. The summed E-state index contributed by atoms with van der Waals surface area (Å²) >= 11 is 0. The number of nitrogens with zero attached hydrogens (tertiary/aromatic N) is 2. The highest BCUT2D eigenvalue weighted by molar-refractivity contribution is 5.94. The van der Waals surface area contributed by atoms with Crippen molar-refractivity contribution in [3.63, 3.8) is 0 Å². The van der Waals surface area contributed by atoms with Gasteiger partial charge in [0.1, 0.15) is 5.69 Å². The highest BCUT2D eigenvalue weighted by Gasteiger charge is 2.35. The molecule has 1 fully saturated rings. The van der Waals surface area contributed by atoms with Crippen LogP contribution in [0.15, 0.2) is 0 Å². The summed E-state index contributed by atoms with van der Waals surface area (Å²) in [6.07, 6.45) is 4.04. The van der Waals surface area contributed by atoms with Gasteiger partial charge in [0.15, 0.2) is 0 Å². The molecule has 2 atom stereocenters. The number of fused-ring (bicyclic) bond motifs is 1. The summed E-state index contributed by atoms with van der Waals surface area (Å²) in [7, 11) is 1.64. The third-order valence-electron chi connectivity index (χ3n) is 5.90. The van der Waals surface area contributed by atoms with Crippen LogP contribution in [-0.4, -0.2) is 52.8 Å². The molecule has 1 aromatic rings. The highest BCUT2D eigenvalue weighted by atomic mass is 16.5. The summed E-state index contributed by atoms with van der Waals surface area (Å²) in [6, 6.07) is 0. The Bertz CT molecular complexity index is 664. The van der Waals surface area contributed by atoms with Crippen molar-refractivity contribution in [1.29, 1.82) is 0 Å². The average Bonchev–Trinajstić information content (AvgIpc) is 2.99. The first kappa shape index (κ1) is 20.3. The summed E-state index contributed by atoms with van der Waals surface area (Å²) in [5, 5.41) is 18.4. The lowest BCUT2D eigenvalue weighted by atomic mass is 9.79. The Kier molecular flexibility index (Phi) is 6.23. The summed E-state index contributed by atoms with van der Waals surface area (Å²) in [5.41, 5.74) is 1.57. The summed E-state index contributed by atoms with van der Waals surface area (Å²) in [5.74, 6) is 0.472. The number of aromatic nitrogens is 2. The Morgan fingerprint density at radius 1 is 1.37 bits per heavy atom. The molecule has 1 aliphatic carbocycles. The second kappa shape index (κ2) is 8.29. The van der Waals surface area contributed by atoms with Gasteiger partial charge >= 0.3 is 0 Å². The zero-order valence-corrected chi connectivity index (χ0v) is 17.0. The van der Waals surface area contributed by atoms with Gasteiger partial charge in [-0.25, -0.2) is 0 Å². The molecule has 2 heterocycles. The normalized spacial score (nSPS) is 30.8. The van der Waals surface area contributed by atoms with E-state index in [9.17, 15) is 9.90 Å². The molecule has 0 radical (unpaired) electrons. The number of ether oxygens (including phenoxy) is 2. The van der Waals surface area contributed by atoms with Crippen molar-refractivity contribution in [1.82, 2.24) is 15.1 Å². The SMILES string of the molecule is COCCn1nc2c(c1C(=O)NCC1(O)CCC(C)CC1)C[C@H](C)O[C@@H]2C. The molecule has 7 heteroatoms. The number of hydrogen-bond donors (Lipinski definition) is 2. The number of rotatable bonds is 6. The Morgan fingerprint density at radius 3 is 2.74 bits per heavy atom. The number of carbonyl (C=O) groups excluding carboxylic acids is 1. The predicted molar refractivity (Wildman–Crippen MR) is 102 cm³/mol. The van der Waals surface area contributed by atoms with Crippen LogP contribution in [0.3, 0.4) is 0 Å². The van der Waals surface area contributed by atoms with Crippen molar-refractivity contribution in [2.24, 2.45) is 5.92 Å². The molecule has 1 saturated carbocycles. The van der Waals surface area contributed by atoms with Gasteiger partial charge in [-0.2, -0.15) is 5.10 Å². The quantitative estimate of drug-likeness (QED) is 0.792. The fourth-order valence-electron chi connectivity index (χ4n) is 4.19. The zero-order chi connectivity index (χ0) is 19.6. The van der Waals surface area contributed by atoms with E-state index in [-0.39, 0.29) is 24.7 Å². The van der Waals surface area contributed by atoms with Crippen molar-refractivity contribution in [3.8, 4) is 0 Å². The maximum atomic E-state index is 13.1. The third-order valence-corrected chi connectivity index (χ3v) is 5.90. The molecule has 0 unspecified atom stereocenters. The van der Waals surface area contributed by atoms with Crippen LogP contribution >= 0.6 is 0 Å². The number of methoxy groups -OCH3 is 1. The molecule has 152 valence electrons. The molecular formula is C20H33N3O4. The van der Waals surface area contributed by atoms with Crippen LogP contribution < -0.4 is 5.32 Å². The molecule has 0 spiro atoms. The van der Waals surface area contributed by atoms with Gasteiger partial charge in [-0.1, -0.05) is 6.92 Å². The van der Waals surface area contributed by atoms with Crippen LogP contribution in [0, 0.1) is 5.92 Å². The number of aliphatic hydroxyl groups is 1. The predicted octanol–water partition coefficient (Wildman–Crippen LogP) is 2.22. The monoisotopic (exact) mass is 379 g/mol. The lowest BCUT2D eigenvalue weighted by molar-refractivity contribution is -0.00768. The van der Waals surface area contributed by atoms with E-state index in [2.05, 4.69) is 17.3 Å². The standard InChI is InChI=1S/C20H33N3O4/c1-13-5-7-20(25,8-6-13)12-21-19(24)18-16-11-14(2)27-15(3)17(16)22-23(18)9-10-26-4/h13-15,25H,5-12H2,1-4H3,(H,21,24)/t13?,14-,15+,20?/m0/s1. The van der Waals surface area contributed by atoms with E-state index in [1.807, 2.05) is 13.8 Å². The molecule has 7 nitrogen and oxygen atoms in total. The molecule has 27 heavy (non-hydrogen) atoms. The van der Waals surface area contributed by atoms with Gasteiger partial charge in [-0.3, -0.25) is 9.48 Å². The Hall–Kier alpha value is -1.44. The van der Waals surface area contributed by atoms with Crippen molar-refractivity contribution in [2.75, 3.05) is 20.3 Å². The topological polar surface area (TPSA) is 85.6 Å². The maximum Gasteiger partial charge on any atom is 0.269 e. The Morgan fingerprint density at radius 2 is 2.07 bits per heavy atom. The summed E-state index contributed by atoms with van der Waals surface area (Å²) < 4.78 is 12.8. The summed E-state index contributed by atoms with van der Waals surface area (Å²) in [4.78, 5) is 13.1. The van der Waals surface area contributed by atoms with Crippen molar-refractivity contribution in [2.45, 2.75) is 77.2 Å². The molecule has 0 bridgehead atoms. The van der Waals surface area contributed by atoms with Gasteiger partial charge in [0, 0.05) is 25.6 Å². The van der Waals surface area contributed by atoms with Gasteiger partial charge in [0.25, 0.3) is 5.91 Å². The van der Waals surface area contributed by atoms with Gasteiger partial charge in [0.05, 0.1) is 36.7 Å². The van der Waals surface area contributed by atoms with Crippen molar-refractivity contribution >= 4 is 5.91 Å². The molecule has 1 aromatic heterocycles. The van der Waals surface area contributed by atoms with E-state index < -0.39 is 5.60 Å². The Labute approximate surface area is 161 Å². The largest absolute Gasteiger partial charge is 0.388 e. The Balaban J connectivity index is 1.78. The number of nitrogens with one attached hydrogen (secondary N) is 1. The fourth-order valence-corrected chi connectivity index (χ4v) is 4.19. The van der Waals surface area contributed by atoms with Crippen LogP contribution in [0.25, 0.3) is 0 Å². The van der Waals surface area contributed by atoms with Crippen LogP contribution in [-0.2, 0) is 22.4 Å². The van der Waals surface area contributed by atoms with Crippen molar-refractivity contribution < 1.29 is 19.4 Å². The number of hydrogen-bond acceptors (Lipinski definition) is 5. The molecular weight excluding hydrogens is 346 g/mol. The highest BCUT2D eigenvalue weighted by Crippen LogP contribution is 2.33. The molecule has 3 rings (SSSR count). The van der Waals surface area contributed by atoms with Gasteiger partial charge in [-0.05, 0) is 45.4 Å². The van der Waals surface area contributed by atoms with Crippen LogP contribution in [0.5, 0.6) is 0 Å². The molecule has 2 N–H and O–H groups in total. The zero-order valence-electron chi connectivity index (χ0n) is 17.0. The van der Waals surface area contributed by atoms with Gasteiger partial charge in [-0.15, -0.1) is 0 Å². The van der Waals surface area contributed by atoms with Crippen LogP contribution in [0.4, 0.5) is 0 Å². The first-order valence-corrected chi connectivity index (χ1v) is 10.1. The molecule has 0 aromatic carbocycles. The van der Waals surface area contributed by atoms with E-state index in [1.165, 1.54) is 0 Å². The van der Waals surface area contributed by atoms with Gasteiger partial charge < -0.3 is 19.9 Å². The van der Waals surface area contributed by atoms with Gasteiger partial charge in [0.2, 0.25) is 0 Å². The maximum absolute atomic E-state index is 13.1. The fraction of sp³-hybridized carbons (Fsp3) is 0.800. The second-order valence-electron chi connectivity index (χ2n) is 8.31. The van der Waals surface area contributed by atoms with E-state index >= 15 is 0 Å². The summed E-state index contributed by atoms with van der Waals surface area (Å²) in [6.45, 7) is 7.46. The van der Waals surface area contributed by atoms with Crippen LogP contribution in [0.1, 0.15) is 74.3 Å². The minimum Gasteiger partial charge on any atom is -0.388 e. The molecule has 0 saturated heterocycles. The molecule has 1 aliphatic heterocycles. The first-order chi connectivity index (χ1) is 12.8. The molecule has 2 aliphatic rings. The average molecular weight is 380 g/mol.